The van der Waals surface area contributed by atoms with E-state index in [1.165, 1.54) is 17.2 Å². The van der Waals surface area contributed by atoms with Crippen molar-refractivity contribution in [2.24, 2.45) is 7.05 Å². The lowest BCUT2D eigenvalue weighted by Crippen LogP contribution is -1.95. The van der Waals surface area contributed by atoms with Crippen LogP contribution in [-0.4, -0.2) is 24.7 Å². The molecule has 0 aliphatic rings. The molecule has 15 heavy (non-hydrogen) atoms. The molecular formula is C8H8ClN5O. The van der Waals surface area contributed by atoms with Crippen LogP contribution < -0.4 is 4.74 Å². The highest BCUT2D eigenvalue weighted by molar-refractivity contribution is 6.16. The Hall–Kier alpha value is -1.69. The first-order valence-electron chi connectivity index (χ1n) is 4.18. The molecule has 0 fully saturated rings. The van der Waals surface area contributed by atoms with Gasteiger partial charge in [-0.1, -0.05) is 0 Å². The van der Waals surface area contributed by atoms with Gasteiger partial charge in [0.15, 0.2) is 0 Å². The summed E-state index contributed by atoms with van der Waals surface area (Å²) in [7, 11) is 1.75. The van der Waals surface area contributed by atoms with Crippen molar-refractivity contribution in [1.82, 2.24) is 24.7 Å². The van der Waals surface area contributed by atoms with E-state index < -0.39 is 0 Å². The Balaban J connectivity index is 2.16. The third kappa shape index (κ3) is 2.41. The van der Waals surface area contributed by atoms with E-state index in [9.17, 15) is 0 Å². The SMILES string of the molecule is Cn1cnc(Oc2cncc(CCl)n2)n1. The Morgan fingerprint density at radius 1 is 1.47 bits per heavy atom. The quantitative estimate of drug-likeness (QED) is 0.733. The number of halogens is 1. The first-order valence-corrected chi connectivity index (χ1v) is 4.72. The minimum absolute atomic E-state index is 0.235. The van der Waals surface area contributed by atoms with Crippen LogP contribution in [0.4, 0.5) is 0 Å². The fourth-order valence-electron chi connectivity index (χ4n) is 0.960. The fraction of sp³-hybridized carbons (Fsp3) is 0.250. The van der Waals surface area contributed by atoms with Gasteiger partial charge in [-0.15, -0.1) is 16.7 Å². The molecule has 7 heteroatoms. The van der Waals surface area contributed by atoms with Crippen molar-refractivity contribution >= 4 is 11.6 Å². The molecule has 2 aromatic heterocycles. The van der Waals surface area contributed by atoms with E-state index in [1.54, 1.807) is 13.2 Å². The average molecular weight is 226 g/mol. The van der Waals surface area contributed by atoms with Gasteiger partial charge in [0.25, 0.3) is 0 Å². The minimum atomic E-state index is 0.235. The third-order valence-corrected chi connectivity index (χ3v) is 1.85. The van der Waals surface area contributed by atoms with E-state index in [4.69, 9.17) is 16.3 Å². The van der Waals surface area contributed by atoms with Crippen molar-refractivity contribution in [3.8, 4) is 11.9 Å². The fourth-order valence-corrected chi connectivity index (χ4v) is 1.09. The molecule has 0 atom stereocenters. The summed E-state index contributed by atoms with van der Waals surface area (Å²) in [6, 6.07) is 0.235. The van der Waals surface area contributed by atoms with E-state index in [1.807, 2.05) is 0 Å². The monoisotopic (exact) mass is 225 g/mol. The maximum absolute atomic E-state index is 5.61. The van der Waals surface area contributed by atoms with Crippen LogP contribution in [0.5, 0.6) is 11.9 Å². The van der Waals surface area contributed by atoms with Crippen LogP contribution in [0.3, 0.4) is 0 Å². The van der Waals surface area contributed by atoms with Gasteiger partial charge >= 0.3 is 6.01 Å². The number of hydrogen-bond donors (Lipinski definition) is 0. The van der Waals surface area contributed by atoms with Crippen LogP contribution in [0, 0.1) is 0 Å². The van der Waals surface area contributed by atoms with Gasteiger partial charge in [-0.25, -0.2) is 4.98 Å². The molecule has 0 amide bonds. The van der Waals surface area contributed by atoms with Gasteiger partial charge in [0.1, 0.15) is 6.33 Å². The van der Waals surface area contributed by atoms with Crippen LogP contribution in [0.25, 0.3) is 0 Å². The molecule has 0 aromatic carbocycles. The molecule has 2 heterocycles. The number of aryl methyl sites for hydroxylation is 1. The predicted octanol–water partition coefficient (Wildman–Crippen LogP) is 1.14. The number of hydrogen-bond acceptors (Lipinski definition) is 5. The van der Waals surface area contributed by atoms with Crippen LogP contribution in [0.1, 0.15) is 5.69 Å². The minimum Gasteiger partial charge on any atom is -0.402 e. The van der Waals surface area contributed by atoms with Gasteiger partial charge in [-0.05, 0) is 0 Å². The van der Waals surface area contributed by atoms with Crippen LogP contribution in [0.2, 0.25) is 0 Å². The zero-order valence-electron chi connectivity index (χ0n) is 7.96. The topological polar surface area (TPSA) is 65.7 Å². The largest absolute Gasteiger partial charge is 0.402 e. The molecule has 0 aliphatic carbocycles. The van der Waals surface area contributed by atoms with Crippen molar-refractivity contribution in [3.63, 3.8) is 0 Å². The Labute approximate surface area is 90.9 Å². The molecule has 2 rings (SSSR count). The summed E-state index contributed by atoms with van der Waals surface area (Å²) in [6.45, 7) is 0. The van der Waals surface area contributed by atoms with E-state index in [0.717, 1.165) is 0 Å². The second-order valence-corrected chi connectivity index (χ2v) is 3.05. The van der Waals surface area contributed by atoms with E-state index in [-0.39, 0.29) is 6.01 Å². The molecule has 0 unspecified atom stereocenters. The predicted molar refractivity (Wildman–Crippen MR) is 52.7 cm³/mol. The molecule has 0 bridgehead atoms. The highest BCUT2D eigenvalue weighted by Gasteiger charge is 2.04. The summed E-state index contributed by atoms with van der Waals surface area (Å²) in [5.41, 5.74) is 0.644. The van der Waals surface area contributed by atoms with E-state index in [2.05, 4.69) is 20.1 Å². The van der Waals surface area contributed by atoms with Crippen LogP contribution >= 0.6 is 11.6 Å². The zero-order chi connectivity index (χ0) is 10.7. The Morgan fingerprint density at radius 3 is 3.00 bits per heavy atom. The molecular weight excluding hydrogens is 218 g/mol. The lowest BCUT2D eigenvalue weighted by Gasteiger charge is -1.99. The number of alkyl halides is 1. The molecule has 0 saturated carbocycles. The molecule has 0 spiro atoms. The maximum Gasteiger partial charge on any atom is 0.342 e. The van der Waals surface area contributed by atoms with Crippen LogP contribution in [-0.2, 0) is 12.9 Å². The molecule has 0 aliphatic heterocycles. The van der Waals surface area contributed by atoms with Gasteiger partial charge in [0.2, 0.25) is 5.88 Å². The second-order valence-electron chi connectivity index (χ2n) is 2.79. The van der Waals surface area contributed by atoms with Crippen molar-refractivity contribution in [3.05, 3.63) is 24.4 Å². The maximum atomic E-state index is 5.61. The first-order chi connectivity index (χ1) is 7.28. The van der Waals surface area contributed by atoms with E-state index >= 15 is 0 Å². The lowest BCUT2D eigenvalue weighted by molar-refractivity contribution is 0.419. The first kappa shape index (κ1) is 9.85. The lowest BCUT2D eigenvalue weighted by atomic mass is 10.5. The summed E-state index contributed by atoms with van der Waals surface area (Å²) in [5.74, 6) is 0.624. The smallest absolute Gasteiger partial charge is 0.342 e. The van der Waals surface area contributed by atoms with Gasteiger partial charge < -0.3 is 4.74 Å². The Kier molecular flexibility index (Phi) is 2.77. The van der Waals surface area contributed by atoms with Gasteiger partial charge in [0.05, 0.1) is 17.8 Å². The molecule has 0 radical (unpaired) electrons. The summed E-state index contributed by atoms with van der Waals surface area (Å²) < 4.78 is 6.80. The van der Waals surface area contributed by atoms with E-state index in [0.29, 0.717) is 17.5 Å². The number of rotatable bonds is 3. The molecule has 6 nitrogen and oxygen atoms in total. The normalized spacial score (nSPS) is 10.3. The zero-order valence-corrected chi connectivity index (χ0v) is 8.72. The Morgan fingerprint density at radius 2 is 2.33 bits per heavy atom. The summed E-state index contributed by atoms with van der Waals surface area (Å²) in [5, 5.41) is 3.94. The summed E-state index contributed by atoms with van der Waals surface area (Å²) in [6.07, 6.45) is 4.59. The van der Waals surface area contributed by atoms with Crippen molar-refractivity contribution in [2.75, 3.05) is 0 Å². The molecule has 78 valence electrons. The molecule has 0 N–H and O–H groups in total. The van der Waals surface area contributed by atoms with Crippen molar-refractivity contribution < 1.29 is 4.74 Å². The Bertz CT molecular complexity index is 458. The van der Waals surface area contributed by atoms with Crippen LogP contribution in [0.15, 0.2) is 18.7 Å². The highest BCUT2D eigenvalue weighted by atomic mass is 35.5. The third-order valence-electron chi connectivity index (χ3n) is 1.57. The second kappa shape index (κ2) is 4.22. The number of ether oxygens (including phenoxy) is 1. The standard InChI is InChI=1S/C8H8ClN5O/c1-14-5-11-8(13-14)15-7-4-10-3-6(2-9)12-7/h3-5H,2H2,1H3. The molecule has 2 aromatic rings. The van der Waals surface area contributed by atoms with Crippen molar-refractivity contribution in [1.29, 1.82) is 0 Å². The number of nitrogens with zero attached hydrogens (tertiary/aromatic N) is 5. The average Bonchev–Trinajstić information content (AvgIpc) is 2.64. The summed E-state index contributed by atoms with van der Waals surface area (Å²) >= 11 is 5.61. The van der Waals surface area contributed by atoms with Crippen molar-refractivity contribution in [2.45, 2.75) is 5.88 Å². The van der Waals surface area contributed by atoms with Gasteiger partial charge in [-0.3, -0.25) is 9.67 Å². The molecule has 0 saturated heterocycles. The highest BCUT2D eigenvalue weighted by Crippen LogP contribution is 2.13. The van der Waals surface area contributed by atoms with Gasteiger partial charge in [0, 0.05) is 13.2 Å². The van der Waals surface area contributed by atoms with Gasteiger partial charge in [-0.2, -0.15) is 4.98 Å². The number of aromatic nitrogens is 5. The summed E-state index contributed by atoms with van der Waals surface area (Å²) in [4.78, 5) is 11.9.